The molecule has 0 heterocycles. The van der Waals surface area contributed by atoms with Crippen LogP contribution in [0, 0.1) is 0 Å². The summed E-state index contributed by atoms with van der Waals surface area (Å²) in [4.78, 5) is 19.0. The van der Waals surface area contributed by atoms with Gasteiger partial charge >= 0.3 is 18.2 Å². The Hall–Kier alpha value is -1.26. The average molecular weight is 382 g/mol. The minimum absolute atomic E-state index is 0.313. The number of carbonyl (C=O) groups is 2. The van der Waals surface area contributed by atoms with Crippen molar-refractivity contribution in [2.24, 2.45) is 0 Å². The number of unbranched alkanes of at least 4 members (excludes halogenated alkanes) is 3. The summed E-state index contributed by atoms with van der Waals surface area (Å²) in [5.74, 6) is -2.02. The summed E-state index contributed by atoms with van der Waals surface area (Å²) in [6.07, 6.45) is -1.68. The molecule has 0 saturated carbocycles. The minimum atomic E-state index is -5.08. The van der Waals surface area contributed by atoms with Gasteiger partial charge in [-0.2, -0.15) is 13.2 Å². The molecule has 0 saturated heterocycles. The fourth-order valence-corrected chi connectivity index (χ4v) is 1.39. The number of halogens is 4. The molecule has 0 unspecified atom stereocenters. The van der Waals surface area contributed by atoms with Crippen LogP contribution in [0.2, 0.25) is 0 Å². The minimum Gasteiger partial charge on any atom is -0.475 e. The van der Waals surface area contributed by atoms with Gasteiger partial charge in [-0.1, -0.05) is 12.8 Å². The normalized spacial score (nSPS) is 10.7. The lowest BCUT2D eigenvalue weighted by Crippen LogP contribution is -2.25. The number of carboxylic acid groups (broad SMARTS) is 2. The van der Waals surface area contributed by atoms with Gasteiger partial charge in [-0.05, 0) is 12.8 Å². The molecule has 0 aliphatic heterocycles. The summed E-state index contributed by atoms with van der Waals surface area (Å²) in [5, 5.41) is 17.6. The maximum absolute atomic E-state index is 10.6. The molecule has 0 fully saturated rings. The van der Waals surface area contributed by atoms with Crippen LogP contribution in [-0.4, -0.2) is 67.3 Å². The van der Waals surface area contributed by atoms with Crippen LogP contribution in [0.1, 0.15) is 25.7 Å². The standard InChI is InChI=1S/C11H22ClNO4.C2HF3O2/c12-5-3-1-2-4-7-16-9-10-17-8-6-13-11(14)15;3-2(4,5)1(6)7/h13H,1-10H2,(H,14,15);(H,6,7). The van der Waals surface area contributed by atoms with E-state index in [0.29, 0.717) is 26.4 Å². The molecule has 0 radical (unpaired) electrons. The molecule has 0 bridgehead atoms. The van der Waals surface area contributed by atoms with Crippen molar-refractivity contribution in [3.8, 4) is 0 Å². The zero-order valence-corrected chi connectivity index (χ0v) is 13.9. The third kappa shape index (κ3) is 23.0. The number of rotatable bonds is 12. The zero-order chi connectivity index (χ0) is 18.8. The maximum atomic E-state index is 10.6. The van der Waals surface area contributed by atoms with E-state index < -0.39 is 18.2 Å². The molecule has 0 aromatic rings. The molecule has 11 heteroatoms. The van der Waals surface area contributed by atoms with Gasteiger partial charge in [0.05, 0.1) is 19.8 Å². The molecule has 0 spiro atoms. The van der Waals surface area contributed by atoms with Crippen molar-refractivity contribution in [1.29, 1.82) is 0 Å². The van der Waals surface area contributed by atoms with E-state index in [-0.39, 0.29) is 0 Å². The molecule has 3 N–H and O–H groups in total. The van der Waals surface area contributed by atoms with Crippen LogP contribution in [0.25, 0.3) is 0 Å². The third-order valence-corrected chi connectivity index (χ3v) is 2.58. The van der Waals surface area contributed by atoms with E-state index in [0.717, 1.165) is 38.2 Å². The summed E-state index contributed by atoms with van der Waals surface area (Å²) < 4.78 is 42.2. The van der Waals surface area contributed by atoms with Gasteiger partial charge in [0.2, 0.25) is 0 Å². The fourth-order valence-electron chi connectivity index (χ4n) is 1.20. The summed E-state index contributed by atoms with van der Waals surface area (Å²) >= 11 is 5.55. The van der Waals surface area contributed by atoms with Crippen molar-refractivity contribution in [2.75, 3.05) is 38.9 Å². The Morgan fingerprint density at radius 2 is 1.42 bits per heavy atom. The molecule has 144 valence electrons. The van der Waals surface area contributed by atoms with Crippen molar-refractivity contribution in [3.63, 3.8) is 0 Å². The lowest BCUT2D eigenvalue weighted by Gasteiger charge is -2.05. The summed E-state index contributed by atoms with van der Waals surface area (Å²) in [6.45, 7) is 2.50. The highest BCUT2D eigenvalue weighted by Gasteiger charge is 2.38. The van der Waals surface area contributed by atoms with Gasteiger partial charge < -0.3 is 25.0 Å². The van der Waals surface area contributed by atoms with Gasteiger partial charge in [-0.25, -0.2) is 9.59 Å². The van der Waals surface area contributed by atoms with Crippen molar-refractivity contribution in [2.45, 2.75) is 31.9 Å². The highest BCUT2D eigenvalue weighted by molar-refractivity contribution is 6.17. The summed E-state index contributed by atoms with van der Waals surface area (Å²) in [7, 11) is 0. The quantitative estimate of drug-likeness (QED) is 0.354. The topological polar surface area (TPSA) is 105 Å². The lowest BCUT2D eigenvalue weighted by atomic mass is 10.2. The van der Waals surface area contributed by atoms with E-state index in [9.17, 15) is 18.0 Å². The first-order valence-electron chi connectivity index (χ1n) is 7.20. The number of hydrogen-bond donors (Lipinski definition) is 3. The molecular formula is C13H23ClF3NO6. The second-order valence-electron chi connectivity index (χ2n) is 4.36. The number of carboxylic acids is 1. The molecule has 0 aliphatic carbocycles. The van der Waals surface area contributed by atoms with E-state index in [1.807, 2.05) is 0 Å². The van der Waals surface area contributed by atoms with Crippen molar-refractivity contribution < 1.29 is 42.4 Å². The Kier molecular flexibility index (Phi) is 17.3. The zero-order valence-electron chi connectivity index (χ0n) is 13.1. The number of aliphatic carboxylic acids is 1. The van der Waals surface area contributed by atoms with Crippen LogP contribution in [0.3, 0.4) is 0 Å². The molecule has 24 heavy (non-hydrogen) atoms. The first-order chi connectivity index (χ1) is 11.2. The first-order valence-corrected chi connectivity index (χ1v) is 7.73. The van der Waals surface area contributed by atoms with Crippen LogP contribution < -0.4 is 5.32 Å². The van der Waals surface area contributed by atoms with E-state index in [2.05, 4.69) is 5.32 Å². The number of ether oxygens (including phenoxy) is 2. The van der Waals surface area contributed by atoms with Crippen LogP contribution in [0.5, 0.6) is 0 Å². The Labute approximate surface area is 143 Å². The summed E-state index contributed by atoms with van der Waals surface area (Å²) in [6, 6.07) is 0. The molecule has 0 atom stereocenters. The number of alkyl halides is 4. The van der Waals surface area contributed by atoms with Gasteiger partial charge in [0.25, 0.3) is 0 Å². The van der Waals surface area contributed by atoms with Crippen LogP contribution >= 0.6 is 11.6 Å². The fraction of sp³-hybridized carbons (Fsp3) is 0.846. The van der Waals surface area contributed by atoms with Crippen molar-refractivity contribution in [3.05, 3.63) is 0 Å². The molecule has 0 aromatic heterocycles. The first kappa shape index (κ1) is 25.0. The van der Waals surface area contributed by atoms with Gasteiger partial charge in [0, 0.05) is 19.0 Å². The molecule has 7 nitrogen and oxygen atoms in total. The summed E-state index contributed by atoms with van der Waals surface area (Å²) in [5.41, 5.74) is 0. The van der Waals surface area contributed by atoms with Gasteiger partial charge in [-0.3, -0.25) is 0 Å². The average Bonchev–Trinajstić information content (AvgIpc) is 2.47. The van der Waals surface area contributed by atoms with Gasteiger partial charge in [-0.15, -0.1) is 11.6 Å². The molecule has 1 amide bonds. The molecule has 0 aromatic carbocycles. The Morgan fingerprint density at radius 3 is 1.88 bits per heavy atom. The van der Waals surface area contributed by atoms with Crippen molar-refractivity contribution >= 4 is 23.7 Å². The second kappa shape index (κ2) is 16.6. The SMILES string of the molecule is O=C(O)C(F)(F)F.O=C(O)NCCOCCOCCCCCCCl. The predicted molar refractivity (Wildman–Crippen MR) is 80.5 cm³/mol. The van der Waals surface area contributed by atoms with Gasteiger partial charge in [0.1, 0.15) is 0 Å². The van der Waals surface area contributed by atoms with Crippen LogP contribution in [-0.2, 0) is 14.3 Å². The van der Waals surface area contributed by atoms with Crippen LogP contribution in [0.4, 0.5) is 18.0 Å². The van der Waals surface area contributed by atoms with E-state index in [1.165, 1.54) is 0 Å². The van der Waals surface area contributed by atoms with Crippen molar-refractivity contribution in [1.82, 2.24) is 5.32 Å². The Morgan fingerprint density at radius 1 is 0.917 bits per heavy atom. The molecule has 0 aliphatic rings. The molecular weight excluding hydrogens is 359 g/mol. The number of amides is 1. The number of nitrogens with one attached hydrogen (secondary N) is 1. The largest absolute Gasteiger partial charge is 0.490 e. The third-order valence-electron chi connectivity index (χ3n) is 2.31. The predicted octanol–water partition coefficient (Wildman–Crippen LogP) is 2.72. The second-order valence-corrected chi connectivity index (χ2v) is 4.74. The van der Waals surface area contributed by atoms with Crippen LogP contribution in [0.15, 0.2) is 0 Å². The number of hydrogen-bond acceptors (Lipinski definition) is 4. The van der Waals surface area contributed by atoms with E-state index in [4.69, 9.17) is 36.1 Å². The highest BCUT2D eigenvalue weighted by atomic mass is 35.5. The van der Waals surface area contributed by atoms with E-state index in [1.54, 1.807) is 0 Å². The maximum Gasteiger partial charge on any atom is 0.490 e. The smallest absolute Gasteiger partial charge is 0.475 e. The Balaban J connectivity index is 0. The van der Waals surface area contributed by atoms with E-state index >= 15 is 0 Å². The monoisotopic (exact) mass is 381 g/mol. The highest BCUT2D eigenvalue weighted by Crippen LogP contribution is 2.13. The lowest BCUT2D eigenvalue weighted by molar-refractivity contribution is -0.192. The van der Waals surface area contributed by atoms with Gasteiger partial charge in [0.15, 0.2) is 0 Å². The Bertz CT molecular complexity index is 331. The molecule has 0 rings (SSSR count).